The molecule has 1 heterocycles. The maximum Gasteiger partial charge on any atom is 0.407 e. The maximum atomic E-state index is 12.2. The highest BCUT2D eigenvalue weighted by molar-refractivity contribution is 5.77. The third-order valence-corrected chi connectivity index (χ3v) is 3.64. The Morgan fingerprint density at radius 1 is 1.11 bits per heavy atom. The Balaban J connectivity index is 1.98. The number of aryl methyl sites for hydroxylation is 1. The van der Waals surface area contributed by atoms with Gasteiger partial charge in [0.1, 0.15) is 11.1 Å². The Morgan fingerprint density at radius 3 is 2.48 bits per heavy atom. The zero-order valence-corrected chi connectivity index (χ0v) is 16.4. The standard InChI is InChI=1S/C21H27N3O3/c1-16-8-10-17(11-9-16)15-24-14-6-5-7-18(24)23-19(25)12-13-22-20(26)27-21(2,3)4/h5-11,14H,12-13,15H2,1-4H3,(H,22,26). The number of hydrogen-bond acceptors (Lipinski definition) is 3. The molecule has 2 rings (SSSR count). The third-order valence-electron chi connectivity index (χ3n) is 3.64. The summed E-state index contributed by atoms with van der Waals surface area (Å²) in [6.07, 6.45) is 1.47. The molecule has 0 unspecified atom stereocenters. The lowest BCUT2D eigenvalue weighted by molar-refractivity contribution is -0.118. The average Bonchev–Trinajstić information content (AvgIpc) is 2.57. The Hall–Kier alpha value is -2.89. The van der Waals surface area contributed by atoms with E-state index in [1.807, 2.05) is 29.8 Å². The van der Waals surface area contributed by atoms with Crippen LogP contribution in [0.15, 0.2) is 53.7 Å². The summed E-state index contributed by atoms with van der Waals surface area (Å²) in [5.41, 5.74) is 2.35. The van der Waals surface area contributed by atoms with Gasteiger partial charge in [-0.3, -0.25) is 4.79 Å². The largest absolute Gasteiger partial charge is 0.444 e. The fraction of sp³-hybridized carbons (Fsp3) is 0.381. The van der Waals surface area contributed by atoms with E-state index in [0.29, 0.717) is 12.0 Å². The number of benzene rings is 1. The molecule has 27 heavy (non-hydrogen) atoms. The summed E-state index contributed by atoms with van der Waals surface area (Å²) in [5, 5.41) is 2.57. The quantitative estimate of drug-likeness (QED) is 0.880. The molecule has 0 fully saturated rings. The zero-order chi connectivity index (χ0) is 19.9. The number of pyridine rings is 1. The van der Waals surface area contributed by atoms with Gasteiger partial charge in [0.15, 0.2) is 0 Å². The minimum atomic E-state index is -0.565. The summed E-state index contributed by atoms with van der Waals surface area (Å²) >= 11 is 0. The second kappa shape index (κ2) is 9.16. The fourth-order valence-electron chi connectivity index (χ4n) is 2.36. The molecular formula is C21H27N3O3. The Labute approximate surface area is 159 Å². The van der Waals surface area contributed by atoms with Gasteiger partial charge < -0.3 is 14.6 Å². The zero-order valence-electron chi connectivity index (χ0n) is 16.4. The van der Waals surface area contributed by atoms with E-state index in [9.17, 15) is 9.59 Å². The number of carbonyl (C=O) groups is 2. The molecule has 0 atom stereocenters. The second-order valence-electron chi connectivity index (χ2n) is 7.36. The van der Waals surface area contributed by atoms with E-state index >= 15 is 0 Å². The van der Waals surface area contributed by atoms with Gasteiger partial charge >= 0.3 is 6.09 Å². The molecule has 144 valence electrons. The van der Waals surface area contributed by atoms with Crippen LogP contribution < -0.4 is 10.8 Å². The van der Waals surface area contributed by atoms with Crippen molar-refractivity contribution in [2.75, 3.05) is 6.54 Å². The lowest BCUT2D eigenvalue weighted by atomic mass is 10.1. The highest BCUT2D eigenvalue weighted by atomic mass is 16.6. The van der Waals surface area contributed by atoms with Crippen LogP contribution in [0.25, 0.3) is 0 Å². The molecule has 2 aromatic rings. The third kappa shape index (κ3) is 7.48. The SMILES string of the molecule is Cc1ccc(Cn2ccccc2=NC(=O)CCNC(=O)OC(C)(C)C)cc1. The van der Waals surface area contributed by atoms with E-state index in [-0.39, 0.29) is 18.9 Å². The molecule has 0 radical (unpaired) electrons. The molecule has 0 spiro atoms. The summed E-state index contributed by atoms with van der Waals surface area (Å²) in [6, 6.07) is 13.8. The van der Waals surface area contributed by atoms with Gasteiger partial charge in [-0.1, -0.05) is 35.9 Å². The van der Waals surface area contributed by atoms with Gasteiger partial charge in [-0.05, 0) is 45.4 Å². The normalized spacial score (nSPS) is 11.9. The number of alkyl carbamates (subject to hydrolysis) is 1. The topological polar surface area (TPSA) is 72.7 Å². The molecule has 0 bridgehead atoms. The Bertz CT molecular complexity index is 846. The van der Waals surface area contributed by atoms with Crippen LogP contribution in [0.4, 0.5) is 4.79 Å². The molecule has 0 aliphatic rings. The number of aromatic nitrogens is 1. The number of carbonyl (C=O) groups excluding carboxylic acids is 2. The Kier molecular flexibility index (Phi) is 6.93. The van der Waals surface area contributed by atoms with Crippen molar-refractivity contribution >= 4 is 12.0 Å². The molecule has 6 nitrogen and oxygen atoms in total. The predicted octanol–water partition coefficient (Wildman–Crippen LogP) is 3.19. The van der Waals surface area contributed by atoms with E-state index in [4.69, 9.17) is 4.74 Å². The average molecular weight is 369 g/mol. The summed E-state index contributed by atoms with van der Waals surface area (Å²) in [5.74, 6) is -0.296. The minimum Gasteiger partial charge on any atom is -0.444 e. The lowest BCUT2D eigenvalue weighted by Gasteiger charge is -2.19. The van der Waals surface area contributed by atoms with Crippen molar-refractivity contribution in [1.29, 1.82) is 0 Å². The summed E-state index contributed by atoms with van der Waals surface area (Å²) in [7, 11) is 0. The van der Waals surface area contributed by atoms with E-state index < -0.39 is 11.7 Å². The molecule has 0 saturated heterocycles. The van der Waals surface area contributed by atoms with Gasteiger partial charge in [0.05, 0.1) is 0 Å². The number of hydrogen-bond donors (Lipinski definition) is 1. The maximum absolute atomic E-state index is 12.2. The first-order valence-electron chi connectivity index (χ1n) is 8.98. The van der Waals surface area contributed by atoms with Gasteiger partial charge in [-0.15, -0.1) is 0 Å². The Morgan fingerprint density at radius 2 is 1.81 bits per heavy atom. The van der Waals surface area contributed by atoms with Gasteiger partial charge in [0, 0.05) is 25.7 Å². The van der Waals surface area contributed by atoms with Crippen LogP contribution in [0.2, 0.25) is 0 Å². The van der Waals surface area contributed by atoms with Crippen molar-refractivity contribution in [3.05, 3.63) is 65.3 Å². The van der Waals surface area contributed by atoms with E-state index in [1.165, 1.54) is 5.56 Å². The van der Waals surface area contributed by atoms with Gasteiger partial charge in [0.25, 0.3) is 0 Å². The molecule has 2 amide bonds. The molecule has 6 heteroatoms. The molecule has 1 N–H and O–H groups in total. The second-order valence-corrected chi connectivity index (χ2v) is 7.36. The van der Waals surface area contributed by atoms with E-state index in [0.717, 1.165) is 5.56 Å². The van der Waals surface area contributed by atoms with Crippen molar-refractivity contribution in [2.45, 2.75) is 46.3 Å². The predicted molar refractivity (Wildman–Crippen MR) is 104 cm³/mol. The first kappa shape index (κ1) is 20.4. The van der Waals surface area contributed by atoms with Crippen LogP contribution in [0.5, 0.6) is 0 Å². The summed E-state index contributed by atoms with van der Waals surface area (Å²) in [6.45, 7) is 8.22. The highest BCUT2D eigenvalue weighted by Gasteiger charge is 2.15. The minimum absolute atomic E-state index is 0.110. The van der Waals surface area contributed by atoms with E-state index in [1.54, 1.807) is 26.8 Å². The monoisotopic (exact) mass is 369 g/mol. The van der Waals surface area contributed by atoms with Crippen LogP contribution in [0.3, 0.4) is 0 Å². The molecule has 0 saturated carbocycles. The van der Waals surface area contributed by atoms with Crippen molar-refractivity contribution in [3.63, 3.8) is 0 Å². The van der Waals surface area contributed by atoms with Gasteiger partial charge in [-0.25, -0.2) is 4.79 Å². The van der Waals surface area contributed by atoms with Gasteiger partial charge in [0.2, 0.25) is 5.91 Å². The highest BCUT2D eigenvalue weighted by Crippen LogP contribution is 2.06. The van der Waals surface area contributed by atoms with Crippen molar-refractivity contribution in [2.24, 2.45) is 4.99 Å². The van der Waals surface area contributed by atoms with Crippen LogP contribution in [0.1, 0.15) is 38.3 Å². The van der Waals surface area contributed by atoms with Crippen molar-refractivity contribution in [1.82, 2.24) is 9.88 Å². The molecule has 1 aromatic heterocycles. The first-order valence-corrected chi connectivity index (χ1v) is 8.98. The number of ether oxygens (including phenoxy) is 1. The van der Waals surface area contributed by atoms with E-state index in [2.05, 4.69) is 34.6 Å². The van der Waals surface area contributed by atoms with Crippen molar-refractivity contribution in [3.8, 4) is 0 Å². The first-order chi connectivity index (χ1) is 12.7. The number of nitrogens with one attached hydrogen (secondary N) is 1. The summed E-state index contributed by atoms with van der Waals surface area (Å²) < 4.78 is 7.06. The fourth-order valence-corrected chi connectivity index (χ4v) is 2.36. The molecule has 1 aromatic carbocycles. The van der Waals surface area contributed by atoms with Crippen LogP contribution in [0, 0.1) is 6.92 Å². The molecule has 0 aliphatic heterocycles. The molecule has 0 aliphatic carbocycles. The van der Waals surface area contributed by atoms with Crippen LogP contribution in [-0.2, 0) is 16.1 Å². The number of rotatable bonds is 5. The lowest BCUT2D eigenvalue weighted by Crippen LogP contribution is -2.33. The van der Waals surface area contributed by atoms with Gasteiger partial charge in [-0.2, -0.15) is 4.99 Å². The number of amides is 2. The van der Waals surface area contributed by atoms with Crippen LogP contribution in [-0.4, -0.2) is 28.7 Å². The summed E-state index contributed by atoms with van der Waals surface area (Å²) in [4.78, 5) is 27.9. The molecular weight excluding hydrogens is 342 g/mol. The van der Waals surface area contributed by atoms with Crippen molar-refractivity contribution < 1.29 is 14.3 Å². The smallest absolute Gasteiger partial charge is 0.407 e. The van der Waals surface area contributed by atoms with Crippen LogP contribution >= 0.6 is 0 Å². The number of nitrogens with zero attached hydrogens (tertiary/aromatic N) is 2.